The van der Waals surface area contributed by atoms with Gasteiger partial charge in [0.1, 0.15) is 5.60 Å². The van der Waals surface area contributed by atoms with E-state index in [4.69, 9.17) is 0 Å². The first-order chi connectivity index (χ1) is 10.5. The number of rotatable bonds is 1. The molecule has 4 atom stereocenters. The highest BCUT2D eigenvalue weighted by molar-refractivity contribution is 6.23. The Bertz CT molecular complexity index is 670. The molecule has 4 rings (SSSR count). The number of Topliss-reactive ketones (excluding diaryl/α,β-unsaturated/α-hetero) is 1. The van der Waals surface area contributed by atoms with Gasteiger partial charge >= 0.3 is 0 Å². The summed E-state index contributed by atoms with van der Waals surface area (Å²) in [5.74, 6) is -2.42. The minimum atomic E-state index is -1.40. The standard InChI is InChI=1S/C17H17NO4/c19-13-9-11-14(12-7-4-8-17(12,13)22)16(21)18(15(11)20)10-5-2-1-3-6-10/h1-3,5-6,11-12,14,22H,4,7-9H2/t11-,12-,14-,17-/m1/s1. The number of ketones is 1. The average Bonchev–Trinajstić information content (AvgIpc) is 3.01. The molecular formula is C17H17NO4. The van der Waals surface area contributed by atoms with Crippen molar-refractivity contribution in [3.63, 3.8) is 0 Å². The van der Waals surface area contributed by atoms with Crippen LogP contribution < -0.4 is 4.90 Å². The van der Waals surface area contributed by atoms with Crippen LogP contribution >= 0.6 is 0 Å². The fourth-order valence-electron chi connectivity index (χ4n) is 4.46. The number of amides is 2. The highest BCUT2D eigenvalue weighted by Gasteiger charge is 2.64. The van der Waals surface area contributed by atoms with E-state index in [0.29, 0.717) is 18.5 Å². The summed E-state index contributed by atoms with van der Waals surface area (Å²) >= 11 is 0. The van der Waals surface area contributed by atoms with Gasteiger partial charge in [-0.2, -0.15) is 0 Å². The van der Waals surface area contributed by atoms with Crippen molar-refractivity contribution in [2.75, 3.05) is 4.90 Å². The Labute approximate surface area is 127 Å². The molecule has 5 heteroatoms. The smallest absolute Gasteiger partial charge is 0.238 e. The monoisotopic (exact) mass is 299 g/mol. The van der Waals surface area contributed by atoms with E-state index in [2.05, 4.69) is 0 Å². The SMILES string of the molecule is O=C1[C@H]2[C@H]3CCC[C@]3(O)C(=O)C[C@H]2C(=O)N1c1ccccc1. The molecule has 2 saturated carbocycles. The maximum atomic E-state index is 12.8. The second-order valence-corrected chi connectivity index (χ2v) is 6.53. The van der Waals surface area contributed by atoms with E-state index in [1.807, 2.05) is 6.07 Å². The minimum absolute atomic E-state index is 0.0222. The highest BCUT2D eigenvalue weighted by Crippen LogP contribution is 2.52. The zero-order valence-corrected chi connectivity index (χ0v) is 12.1. The Morgan fingerprint density at radius 2 is 1.82 bits per heavy atom. The number of aliphatic hydroxyl groups is 1. The van der Waals surface area contributed by atoms with Gasteiger partial charge in [0.15, 0.2) is 5.78 Å². The topological polar surface area (TPSA) is 74.7 Å². The Kier molecular flexibility index (Phi) is 2.78. The summed E-state index contributed by atoms with van der Waals surface area (Å²) in [6, 6.07) is 8.80. The van der Waals surface area contributed by atoms with Crippen molar-refractivity contribution in [2.45, 2.75) is 31.3 Å². The number of benzene rings is 1. The summed E-state index contributed by atoms with van der Waals surface area (Å²) in [5, 5.41) is 10.7. The van der Waals surface area contributed by atoms with E-state index in [1.54, 1.807) is 24.3 Å². The van der Waals surface area contributed by atoms with Crippen LogP contribution in [0, 0.1) is 17.8 Å². The van der Waals surface area contributed by atoms with Gasteiger partial charge in [-0.05, 0) is 31.4 Å². The Morgan fingerprint density at radius 1 is 1.09 bits per heavy atom. The summed E-state index contributed by atoms with van der Waals surface area (Å²) in [6.07, 6.45) is 1.74. The quantitative estimate of drug-likeness (QED) is 0.793. The normalized spacial score (nSPS) is 37.4. The van der Waals surface area contributed by atoms with E-state index in [1.165, 1.54) is 4.90 Å². The number of imide groups is 1. The number of nitrogens with zero attached hydrogens (tertiary/aromatic N) is 1. The molecule has 1 aliphatic heterocycles. The zero-order valence-electron chi connectivity index (χ0n) is 12.1. The first-order valence-electron chi connectivity index (χ1n) is 7.72. The van der Waals surface area contributed by atoms with Crippen molar-refractivity contribution in [3.8, 4) is 0 Å². The molecule has 1 N–H and O–H groups in total. The molecule has 0 radical (unpaired) electrons. The number of carbonyl (C=O) groups is 3. The van der Waals surface area contributed by atoms with E-state index in [-0.39, 0.29) is 24.0 Å². The van der Waals surface area contributed by atoms with Gasteiger partial charge in [-0.25, -0.2) is 0 Å². The molecule has 3 fully saturated rings. The van der Waals surface area contributed by atoms with Crippen LogP contribution in [0.1, 0.15) is 25.7 Å². The van der Waals surface area contributed by atoms with Crippen LogP contribution in [0.25, 0.3) is 0 Å². The third kappa shape index (κ3) is 1.60. The number of hydrogen-bond acceptors (Lipinski definition) is 4. The summed E-state index contributed by atoms with van der Waals surface area (Å²) in [5.41, 5.74) is -0.857. The molecule has 0 spiro atoms. The second-order valence-electron chi connectivity index (χ2n) is 6.53. The molecule has 0 bridgehead atoms. The molecular weight excluding hydrogens is 282 g/mol. The fraction of sp³-hybridized carbons (Fsp3) is 0.471. The molecule has 1 aromatic carbocycles. The zero-order chi connectivity index (χ0) is 15.5. The van der Waals surface area contributed by atoms with Crippen molar-refractivity contribution in [3.05, 3.63) is 30.3 Å². The van der Waals surface area contributed by atoms with Crippen molar-refractivity contribution < 1.29 is 19.5 Å². The maximum Gasteiger partial charge on any atom is 0.238 e. The minimum Gasteiger partial charge on any atom is -0.382 e. The van der Waals surface area contributed by atoms with E-state index in [9.17, 15) is 19.5 Å². The lowest BCUT2D eigenvalue weighted by Gasteiger charge is -2.38. The number of hydrogen-bond donors (Lipinski definition) is 1. The van der Waals surface area contributed by atoms with Gasteiger partial charge in [-0.1, -0.05) is 18.2 Å². The molecule has 0 aromatic heterocycles. The van der Waals surface area contributed by atoms with Gasteiger partial charge in [0.25, 0.3) is 0 Å². The average molecular weight is 299 g/mol. The highest BCUT2D eigenvalue weighted by atomic mass is 16.3. The maximum absolute atomic E-state index is 12.8. The van der Waals surface area contributed by atoms with E-state index >= 15 is 0 Å². The predicted octanol–water partition coefficient (Wildman–Crippen LogP) is 1.30. The molecule has 5 nitrogen and oxygen atoms in total. The van der Waals surface area contributed by atoms with Gasteiger partial charge in [-0.15, -0.1) is 0 Å². The van der Waals surface area contributed by atoms with Crippen LogP contribution in [-0.2, 0) is 14.4 Å². The van der Waals surface area contributed by atoms with E-state index in [0.717, 1.165) is 6.42 Å². The third-order valence-electron chi connectivity index (χ3n) is 5.50. The Balaban J connectivity index is 1.77. The molecule has 3 aliphatic rings. The first kappa shape index (κ1) is 13.6. The Morgan fingerprint density at radius 3 is 2.55 bits per heavy atom. The van der Waals surface area contributed by atoms with Crippen LogP contribution in [0.4, 0.5) is 5.69 Å². The number of carbonyl (C=O) groups excluding carboxylic acids is 3. The largest absolute Gasteiger partial charge is 0.382 e. The third-order valence-corrected chi connectivity index (χ3v) is 5.50. The second kappa shape index (κ2) is 4.49. The lowest BCUT2D eigenvalue weighted by atomic mass is 9.66. The van der Waals surface area contributed by atoms with Crippen LogP contribution in [0.5, 0.6) is 0 Å². The summed E-state index contributed by atoms with van der Waals surface area (Å²) in [6.45, 7) is 0. The molecule has 114 valence electrons. The van der Waals surface area contributed by atoms with Crippen molar-refractivity contribution in [2.24, 2.45) is 17.8 Å². The predicted molar refractivity (Wildman–Crippen MR) is 77.8 cm³/mol. The summed E-state index contributed by atoms with van der Waals surface area (Å²) in [7, 11) is 0. The number of fused-ring (bicyclic) bond motifs is 3. The van der Waals surface area contributed by atoms with Crippen LogP contribution in [0.15, 0.2) is 30.3 Å². The number of anilines is 1. The van der Waals surface area contributed by atoms with Gasteiger partial charge < -0.3 is 5.11 Å². The van der Waals surface area contributed by atoms with Crippen LogP contribution in [0.2, 0.25) is 0 Å². The molecule has 1 saturated heterocycles. The van der Waals surface area contributed by atoms with Gasteiger partial charge in [0.2, 0.25) is 11.8 Å². The fourth-order valence-corrected chi connectivity index (χ4v) is 4.46. The summed E-state index contributed by atoms with van der Waals surface area (Å²) in [4.78, 5) is 39.0. The first-order valence-corrected chi connectivity index (χ1v) is 7.72. The van der Waals surface area contributed by atoms with Gasteiger partial charge in [-0.3, -0.25) is 19.3 Å². The van der Waals surface area contributed by atoms with Crippen molar-refractivity contribution >= 4 is 23.3 Å². The van der Waals surface area contributed by atoms with Crippen molar-refractivity contribution in [1.82, 2.24) is 0 Å². The van der Waals surface area contributed by atoms with Gasteiger partial charge in [0.05, 0.1) is 17.5 Å². The van der Waals surface area contributed by atoms with Crippen LogP contribution in [-0.4, -0.2) is 28.3 Å². The lowest BCUT2D eigenvalue weighted by Crippen LogP contribution is -2.53. The van der Waals surface area contributed by atoms with E-state index < -0.39 is 23.4 Å². The summed E-state index contributed by atoms with van der Waals surface area (Å²) < 4.78 is 0. The Hall–Kier alpha value is -2.01. The molecule has 22 heavy (non-hydrogen) atoms. The van der Waals surface area contributed by atoms with Crippen molar-refractivity contribution in [1.29, 1.82) is 0 Å². The van der Waals surface area contributed by atoms with Gasteiger partial charge in [0, 0.05) is 12.3 Å². The van der Waals surface area contributed by atoms with Crippen LogP contribution in [0.3, 0.4) is 0 Å². The lowest BCUT2D eigenvalue weighted by molar-refractivity contribution is -0.155. The molecule has 2 amide bonds. The number of para-hydroxylation sites is 1. The molecule has 2 aliphatic carbocycles. The molecule has 1 heterocycles. The molecule has 1 aromatic rings. The molecule has 0 unspecified atom stereocenters.